The number of benzene rings is 1. The van der Waals surface area contributed by atoms with Gasteiger partial charge in [-0.05, 0) is 44.4 Å². The molecule has 3 nitrogen and oxygen atoms in total. The predicted octanol–water partition coefficient (Wildman–Crippen LogP) is 4.33. The molecule has 0 unspecified atom stereocenters. The van der Waals surface area contributed by atoms with E-state index in [4.69, 9.17) is 4.74 Å². The van der Waals surface area contributed by atoms with Crippen molar-refractivity contribution in [1.29, 1.82) is 0 Å². The summed E-state index contributed by atoms with van der Waals surface area (Å²) in [6, 6.07) is 5.23. The van der Waals surface area contributed by atoms with Crippen LogP contribution in [0.25, 0.3) is 0 Å². The van der Waals surface area contributed by atoms with Gasteiger partial charge in [0.15, 0.2) is 17.3 Å². The fourth-order valence-electron chi connectivity index (χ4n) is 1.52. The van der Waals surface area contributed by atoms with Gasteiger partial charge in [-0.3, -0.25) is 4.79 Å². The van der Waals surface area contributed by atoms with Gasteiger partial charge in [-0.15, -0.1) is 0 Å². The fraction of sp³-hybridized carbons (Fsp3) is 0.312. The van der Waals surface area contributed by atoms with Gasteiger partial charge in [0.2, 0.25) is 0 Å². The first-order chi connectivity index (χ1) is 8.86. The van der Waals surface area contributed by atoms with E-state index in [2.05, 4.69) is 6.58 Å². The number of carbonyl (C=O) groups is 1. The number of hydrogen-bond acceptors (Lipinski definition) is 3. The van der Waals surface area contributed by atoms with Crippen molar-refractivity contribution in [3.8, 4) is 5.75 Å². The number of carbonyl (C=O) groups excluding carboxylic acids is 1. The summed E-state index contributed by atoms with van der Waals surface area (Å²) in [6.45, 7) is 10.9. The van der Waals surface area contributed by atoms with Crippen LogP contribution < -0.4 is 4.74 Å². The quantitative estimate of drug-likeness (QED) is 0.487. The Bertz CT molecular complexity index is 539. The van der Waals surface area contributed by atoms with Gasteiger partial charge in [-0.1, -0.05) is 25.6 Å². The predicted molar refractivity (Wildman–Crippen MR) is 76.6 cm³/mol. The van der Waals surface area contributed by atoms with Crippen molar-refractivity contribution in [2.45, 2.75) is 34.1 Å². The minimum atomic E-state index is -0.0278. The highest BCUT2D eigenvalue weighted by molar-refractivity contribution is 5.94. The van der Waals surface area contributed by atoms with Crippen molar-refractivity contribution in [2.24, 2.45) is 0 Å². The van der Waals surface area contributed by atoms with E-state index in [0.29, 0.717) is 11.3 Å². The first kappa shape index (κ1) is 15.0. The van der Waals surface area contributed by atoms with Crippen LogP contribution in [-0.2, 0) is 0 Å². The average molecular weight is 260 g/mol. The van der Waals surface area contributed by atoms with Crippen molar-refractivity contribution in [1.82, 2.24) is 0 Å². The Hall–Kier alpha value is -2.03. The van der Waals surface area contributed by atoms with Crippen molar-refractivity contribution in [3.63, 3.8) is 0 Å². The molecular weight excluding hydrogens is 240 g/mol. The molecule has 102 valence electrons. The maximum Gasteiger partial charge on any atom is 0.161 e. The Balaban J connectivity index is 3.03. The van der Waals surface area contributed by atoms with Gasteiger partial charge in [0.25, 0.3) is 0 Å². The first-order valence-electron chi connectivity index (χ1n) is 6.24. The highest BCUT2D eigenvalue weighted by Crippen LogP contribution is 2.24. The smallest absolute Gasteiger partial charge is 0.161 e. The van der Waals surface area contributed by atoms with Gasteiger partial charge >= 0.3 is 0 Å². The summed E-state index contributed by atoms with van der Waals surface area (Å²) < 4.78 is 5.57. The fourth-order valence-corrected chi connectivity index (χ4v) is 1.52. The monoisotopic (exact) mass is 260 g/mol. The van der Waals surface area contributed by atoms with Crippen LogP contribution in [0, 0.1) is 6.92 Å². The molecule has 0 aliphatic carbocycles. The van der Waals surface area contributed by atoms with Gasteiger partial charge in [0.1, 0.15) is 5.75 Å². The third-order valence-electron chi connectivity index (χ3n) is 3.03. The zero-order chi connectivity index (χ0) is 14.6. The summed E-state index contributed by atoms with van der Waals surface area (Å²) in [6.07, 6.45) is 0.723. The van der Waals surface area contributed by atoms with Crippen molar-refractivity contribution < 1.29 is 14.6 Å². The van der Waals surface area contributed by atoms with E-state index in [1.807, 2.05) is 26.8 Å². The second-order valence-electron chi connectivity index (χ2n) is 4.54. The Morgan fingerprint density at radius 2 is 2.00 bits per heavy atom. The normalized spacial score (nSPS) is 11.8. The minimum Gasteiger partial charge on any atom is -0.504 e. The number of hydrogen-bond donors (Lipinski definition) is 1. The molecule has 0 spiro atoms. The molecule has 0 radical (unpaired) electrons. The number of rotatable bonds is 5. The third-order valence-corrected chi connectivity index (χ3v) is 3.03. The van der Waals surface area contributed by atoms with E-state index in [1.54, 1.807) is 12.1 Å². The second kappa shape index (κ2) is 6.23. The molecular formula is C16H20O3. The number of Topliss-reactive ketones (excluding diaryl/α,β-unsaturated/α-hetero) is 1. The van der Waals surface area contributed by atoms with E-state index < -0.39 is 0 Å². The van der Waals surface area contributed by atoms with E-state index in [9.17, 15) is 9.90 Å². The van der Waals surface area contributed by atoms with Gasteiger partial charge in [0.05, 0.1) is 0 Å². The maximum atomic E-state index is 11.3. The minimum absolute atomic E-state index is 0.0278. The number of ether oxygens (including phenoxy) is 1. The summed E-state index contributed by atoms with van der Waals surface area (Å²) in [4.78, 5) is 11.3. The van der Waals surface area contributed by atoms with Gasteiger partial charge < -0.3 is 9.84 Å². The summed E-state index contributed by atoms with van der Waals surface area (Å²) in [5.41, 5.74) is 2.27. The zero-order valence-electron chi connectivity index (χ0n) is 11.9. The first-order valence-corrected chi connectivity index (χ1v) is 6.24. The molecule has 0 amide bonds. The van der Waals surface area contributed by atoms with Crippen molar-refractivity contribution in [3.05, 3.63) is 53.0 Å². The largest absolute Gasteiger partial charge is 0.504 e. The molecule has 0 atom stereocenters. The lowest BCUT2D eigenvalue weighted by Crippen LogP contribution is -2.02. The van der Waals surface area contributed by atoms with Crippen LogP contribution >= 0.6 is 0 Å². The summed E-state index contributed by atoms with van der Waals surface area (Å²) >= 11 is 0. The van der Waals surface area contributed by atoms with Crippen LogP contribution in [0.4, 0.5) is 0 Å². The molecule has 0 saturated heterocycles. The van der Waals surface area contributed by atoms with Crippen molar-refractivity contribution >= 4 is 5.78 Å². The highest BCUT2D eigenvalue weighted by Gasteiger charge is 2.10. The topological polar surface area (TPSA) is 46.5 Å². The molecule has 1 rings (SSSR count). The molecule has 0 saturated carbocycles. The van der Waals surface area contributed by atoms with Crippen LogP contribution in [0.1, 0.15) is 43.1 Å². The van der Waals surface area contributed by atoms with Crippen LogP contribution in [0.3, 0.4) is 0 Å². The SMILES string of the molecule is C=C(Oc1cc(C(C)=O)ccc1C)/C(O)=C(/C)CC. The Morgan fingerprint density at radius 3 is 2.53 bits per heavy atom. The van der Waals surface area contributed by atoms with Gasteiger partial charge in [-0.25, -0.2) is 0 Å². The molecule has 0 aliphatic heterocycles. The van der Waals surface area contributed by atoms with E-state index in [0.717, 1.165) is 17.6 Å². The number of ketones is 1. The number of aryl methyl sites for hydroxylation is 1. The molecule has 1 N–H and O–H groups in total. The molecule has 3 heteroatoms. The molecule has 0 bridgehead atoms. The standard InChI is InChI=1S/C16H20O3/c1-6-10(2)16(18)13(5)19-15-9-14(12(4)17)8-7-11(15)3/h7-9,18H,5-6H2,1-4H3/b16-10+. The van der Waals surface area contributed by atoms with Crippen LogP contribution in [0.2, 0.25) is 0 Å². The number of allylic oxidation sites excluding steroid dienone is 1. The molecule has 1 aromatic carbocycles. The molecule has 0 aliphatic rings. The molecule has 0 aromatic heterocycles. The summed E-state index contributed by atoms with van der Waals surface area (Å²) in [5.74, 6) is 0.770. The summed E-state index contributed by atoms with van der Waals surface area (Å²) in [7, 11) is 0. The van der Waals surface area contributed by atoms with Crippen LogP contribution in [0.15, 0.2) is 41.9 Å². The number of aliphatic hydroxyl groups is 1. The van der Waals surface area contributed by atoms with E-state index >= 15 is 0 Å². The molecule has 19 heavy (non-hydrogen) atoms. The molecule has 0 heterocycles. The van der Waals surface area contributed by atoms with Crippen molar-refractivity contribution in [2.75, 3.05) is 0 Å². The van der Waals surface area contributed by atoms with Gasteiger partial charge in [0, 0.05) is 5.56 Å². The molecule has 0 fully saturated rings. The van der Waals surface area contributed by atoms with E-state index in [-0.39, 0.29) is 17.3 Å². The lowest BCUT2D eigenvalue weighted by atomic mass is 10.1. The average Bonchev–Trinajstić information content (AvgIpc) is 2.38. The Morgan fingerprint density at radius 1 is 1.37 bits per heavy atom. The second-order valence-corrected chi connectivity index (χ2v) is 4.54. The lowest BCUT2D eigenvalue weighted by molar-refractivity contribution is 0.101. The van der Waals surface area contributed by atoms with E-state index in [1.165, 1.54) is 6.92 Å². The van der Waals surface area contributed by atoms with Crippen LogP contribution in [0.5, 0.6) is 5.75 Å². The zero-order valence-corrected chi connectivity index (χ0v) is 11.9. The number of aliphatic hydroxyl groups excluding tert-OH is 1. The van der Waals surface area contributed by atoms with Crippen LogP contribution in [-0.4, -0.2) is 10.9 Å². The third kappa shape index (κ3) is 3.71. The maximum absolute atomic E-state index is 11.3. The lowest BCUT2D eigenvalue weighted by Gasteiger charge is -2.13. The highest BCUT2D eigenvalue weighted by atomic mass is 16.5. The summed E-state index contributed by atoms with van der Waals surface area (Å²) in [5, 5.41) is 9.91. The Kier molecular flexibility index (Phi) is 4.93. The Labute approximate surface area is 114 Å². The van der Waals surface area contributed by atoms with Gasteiger partial charge in [-0.2, -0.15) is 0 Å². The molecule has 1 aromatic rings.